The monoisotopic (exact) mass is 211 g/mol. The van der Waals surface area contributed by atoms with Crippen LogP contribution >= 0.6 is 11.8 Å². The summed E-state index contributed by atoms with van der Waals surface area (Å²) in [5.41, 5.74) is 0. The number of hydrogen-bond acceptors (Lipinski definition) is 2. The maximum absolute atomic E-state index is 9.22. The van der Waals surface area contributed by atoms with E-state index in [-0.39, 0.29) is 9.49 Å². The van der Waals surface area contributed by atoms with Crippen LogP contribution < -0.4 is 0 Å². The Labute approximate surface area is 92.3 Å². The van der Waals surface area contributed by atoms with E-state index in [0.29, 0.717) is 0 Å². The molecule has 0 unspecified atom stereocenters. The number of hydrogen-bond donors (Lipinski definition) is 0. The highest BCUT2D eigenvalue weighted by Gasteiger charge is 2.46. The molecule has 2 heteroatoms. The van der Waals surface area contributed by atoms with Gasteiger partial charge < -0.3 is 0 Å². The molecule has 0 radical (unpaired) electrons. The first kappa shape index (κ1) is 11.9. The molecule has 0 bridgehead atoms. The van der Waals surface area contributed by atoms with Crippen LogP contribution in [0.3, 0.4) is 0 Å². The molecule has 0 heterocycles. The topological polar surface area (TPSA) is 23.8 Å². The molecule has 0 aromatic rings. The summed E-state index contributed by atoms with van der Waals surface area (Å²) in [6.07, 6.45) is 4.78. The molecule has 0 spiro atoms. The third kappa shape index (κ3) is 2.92. The van der Waals surface area contributed by atoms with Crippen molar-refractivity contribution in [3.8, 4) is 6.07 Å². The van der Waals surface area contributed by atoms with E-state index in [4.69, 9.17) is 0 Å². The van der Waals surface area contributed by atoms with Gasteiger partial charge in [0, 0.05) is 4.75 Å². The van der Waals surface area contributed by atoms with E-state index in [2.05, 4.69) is 33.8 Å². The summed E-state index contributed by atoms with van der Waals surface area (Å²) in [4.78, 5) is 0. The van der Waals surface area contributed by atoms with E-state index < -0.39 is 0 Å². The Hall–Kier alpha value is -0.160. The summed E-state index contributed by atoms with van der Waals surface area (Å²) in [6, 6.07) is 2.52. The van der Waals surface area contributed by atoms with Gasteiger partial charge in [0.25, 0.3) is 0 Å². The van der Waals surface area contributed by atoms with Crippen LogP contribution in [-0.4, -0.2) is 9.49 Å². The smallest absolute Gasteiger partial charge is 0.103 e. The first-order valence-corrected chi connectivity index (χ1v) is 6.34. The summed E-state index contributed by atoms with van der Waals surface area (Å²) < 4.78 is 0.158. The lowest BCUT2D eigenvalue weighted by Gasteiger charge is -2.45. The fourth-order valence-corrected chi connectivity index (χ4v) is 4.12. The lowest BCUT2D eigenvalue weighted by molar-refractivity contribution is 0.257. The van der Waals surface area contributed by atoms with Crippen LogP contribution in [0.15, 0.2) is 0 Å². The fraction of sp³-hybridized carbons (Fsp3) is 0.917. The maximum Gasteiger partial charge on any atom is 0.103 e. The average molecular weight is 211 g/mol. The van der Waals surface area contributed by atoms with E-state index in [0.717, 1.165) is 18.8 Å². The summed E-state index contributed by atoms with van der Waals surface area (Å²) in [6.45, 7) is 8.82. The first-order chi connectivity index (χ1) is 6.41. The van der Waals surface area contributed by atoms with Crippen molar-refractivity contribution in [1.29, 1.82) is 5.26 Å². The van der Waals surface area contributed by atoms with E-state index >= 15 is 0 Å². The number of thioether (sulfide) groups is 1. The van der Waals surface area contributed by atoms with Crippen molar-refractivity contribution >= 4 is 11.8 Å². The van der Waals surface area contributed by atoms with E-state index in [1.165, 1.54) is 12.8 Å². The van der Waals surface area contributed by atoms with Gasteiger partial charge in [-0.05, 0) is 18.8 Å². The first-order valence-electron chi connectivity index (χ1n) is 5.52. The SMILES string of the molecule is CCCC1CC(C#N)(SC(C)(C)C)C1. The van der Waals surface area contributed by atoms with Crippen LogP contribution in [-0.2, 0) is 0 Å². The van der Waals surface area contributed by atoms with Crippen molar-refractivity contribution < 1.29 is 0 Å². The minimum absolute atomic E-state index is 0.0575. The van der Waals surface area contributed by atoms with Crippen LogP contribution in [0.4, 0.5) is 0 Å². The van der Waals surface area contributed by atoms with Crippen LogP contribution in [0.2, 0.25) is 0 Å². The molecule has 1 aliphatic rings. The van der Waals surface area contributed by atoms with Gasteiger partial charge in [0.05, 0.1) is 6.07 Å². The van der Waals surface area contributed by atoms with Gasteiger partial charge in [-0.25, -0.2) is 0 Å². The van der Waals surface area contributed by atoms with Gasteiger partial charge in [-0.15, -0.1) is 11.8 Å². The Kier molecular flexibility index (Phi) is 3.53. The molecule has 0 aliphatic heterocycles. The minimum atomic E-state index is -0.0575. The molecule has 1 aliphatic carbocycles. The molecule has 80 valence electrons. The van der Waals surface area contributed by atoms with Crippen LogP contribution in [0.25, 0.3) is 0 Å². The lowest BCUT2D eigenvalue weighted by Crippen LogP contribution is -2.42. The molecule has 0 amide bonds. The third-order valence-electron chi connectivity index (χ3n) is 2.64. The third-order valence-corrected chi connectivity index (χ3v) is 4.07. The Morgan fingerprint density at radius 2 is 2.00 bits per heavy atom. The Morgan fingerprint density at radius 3 is 2.36 bits per heavy atom. The zero-order valence-electron chi connectivity index (χ0n) is 9.76. The van der Waals surface area contributed by atoms with E-state index in [1.807, 2.05) is 11.8 Å². The van der Waals surface area contributed by atoms with Gasteiger partial charge in [0.2, 0.25) is 0 Å². The maximum atomic E-state index is 9.22. The van der Waals surface area contributed by atoms with Gasteiger partial charge in [0.15, 0.2) is 0 Å². The Bertz CT molecular complexity index is 228. The molecule has 1 saturated carbocycles. The quantitative estimate of drug-likeness (QED) is 0.704. The summed E-state index contributed by atoms with van der Waals surface area (Å²) in [5.74, 6) is 0.814. The van der Waals surface area contributed by atoms with E-state index in [9.17, 15) is 5.26 Å². The Balaban J connectivity index is 2.46. The van der Waals surface area contributed by atoms with Crippen molar-refractivity contribution in [3.05, 3.63) is 0 Å². The van der Waals surface area contributed by atoms with Gasteiger partial charge >= 0.3 is 0 Å². The molecular formula is C12H21NS. The highest BCUT2D eigenvalue weighted by molar-refractivity contribution is 8.02. The predicted octanol–water partition coefficient (Wildman–Crippen LogP) is 3.99. The zero-order valence-corrected chi connectivity index (χ0v) is 10.6. The zero-order chi connectivity index (χ0) is 10.8. The molecule has 1 nitrogen and oxygen atoms in total. The number of rotatable bonds is 3. The van der Waals surface area contributed by atoms with Crippen LogP contribution in [0.5, 0.6) is 0 Å². The molecule has 0 aromatic heterocycles. The van der Waals surface area contributed by atoms with Gasteiger partial charge in [-0.1, -0.05) is 40.5 Å². The van der Waals surface area contributed by atoms with Crippen molar-refractivity contribution in [2.75, 3.05) is 0 Å². The van der Waals surface area contributed by atoms with E-state index in [1.54, 1.807) is 0 Å². The minimum Gasteiger partial charge on any atom is -0.197 e. The molecule has 0 N–H and O–H groups in total. The van der Waals surface area contributed by atoms with Gasteiger partial charge in [-0.3, -0.25) is 0 Å². The largest absolute Gasteiger partial charge is 0.197 e. The van der Waals surface area contributed by atoms with Crippen LogP contribution in [0, 0.1) is 17.2 Å². The normalized spacial score (nSPS) is 32.1. The second-order valence-electron chi connectivity index (χ2n) is 5.38. The molecule has 0 aromatic carbocycles. The summed E-state index contributed by atoms with van der Waals surface area (Å²) in [7, 11) is 0. The van der Waals surface area contributed by atoms with Crippen LogP contribution in [0.1, 0.15) is 53.4 Å². The highest BCUT2D eigenvalue weighted by atomic mass is 32.2. The Morgan fingerprint density at radius 1 is 1.43 bits per heavy atom. The number of nitrogens with zero attached hydrogens (tertiary/aromatic N) is 1. The summed E-state index contributed by atoms with van der Waals surface area (Å²) >= 11 is 1.86. The second kappa shape index (κ2) is 4.14. The molecule has 0 saturated heterocycles. The average Bonchev–Trinajstić information content (AvgIpc) is 1.98. The van der Waals surface area contributed by atoms with Gasteiger partial charge in [0.1, 0.15) is 4.75 Å². The molecule has 1 rings (SSSR count). The number of nitriles is 1. The molecule has 0 atom stereocenters. The van der Waals surface area contributed by atoms with Crippen molar-refractivity contribution in [1.82, 2.24) is 0 Å². The van der Waals surface area contributed by atoms with Crippen molar-refractivity contribution in [2.24, 2.45) is 5.92 Å². The summed E-state index contributed by atoms with van der Waals surface area (Å²) in [5, 5.41) is 9.22. The lowest BCUT2D eigenvalue weighted by atomic mass is 9.73. The molecular weight excluding hydrogens is 190 g/mol. The van der Waals surface area contributed by atoms with Crippen molar-refractivity contribution in [3.63, 3.8) is 0 Å². The van der Waals surface area contributed by atoms with Crippen molar-refractivity contribution in [2.45, 2.75) is 62.9 Å². The fourth-order valence-electron chi connectivity index (χ4n) is 2.27. The highest BCUT2D eigenvalue weighted by Crippen LogP contribution is 2.53. The molecule has 14 heavy (non-hydrogen) atoms. The standard InChI is InChI=1S/C12H21NS/c1-5-6-10-7-12(8-10,9-13)14-11(2,3)4/h10H,5-8H2,1-4H3. The molecule has 1 fully saturated rings. The predicted molar refractivity (Wildman–Crippen MR) is 63.3 cm³/mol. The van der Waals surface area contributed by atoms with Gasteiger partial charge in [-0.2, -0.15) is 5.26 Å². The second-order valence-corrected chi connectivity index (χ2v) is 7.59.